The number of nitrogens with two attached hydrogens (primary N) is 2. The van der Waals surface area contributed by atoms with Gasteiger partial charge in [-0.25, -0.2) is 9.59 Å². The van der Waals surface area contributed by atoms with Gasteiger partial charge in [-0.3, -0.25) is 9.79 Å². The summed E-state index contributed by atoms with van der Waals surface area (Å²) >= 11 is 0. The first-order valence-corrected chi connectivity index (χ1v) is 8.97. The fourth-order valence-corrected chi connectivity index (χ4v) is 2.69. The van der Waals surface area contributed by atoms with Gasteiger partial charge in [-0.05, 0) is 44.4 Å². The molecule has 0 aliphatic carbocycles. The molecule has 1 aromatic heterocycles. The molecule has 2 rings (SSSR count). The van der Waals surface area contributed by atoms with Gasteiger partial charge in [0.15, 0.2) is 12.1 Å². The van der Waals surface area contributed by atoms with Crippen molar-refractivity contribution in [1.29, 1.82) is 0 Å². The predicted molar refractivity (Wildman–Crippen MR) is 107 cm³/mol. The van der Waals surface area contributed by atoms with Crippen LogP contribution in [0, 0.1) is 6.92 Å². The molecule has 0 radical (unpaired) electrons. The fraction of sp³-hybridized carbons (Fsp3) is 0.368. The maximum atomic E-state index is 12.3. The zero-order chi connectivity index (χ0) is 21.6. The highest BCUT2D eigenvalue weighted by molar-refractivity contribution is 5.86. The number of aliphatic imine (C=N–C) groups is 1. The van der Waals surface area contributed by atoms with Crippen LogP contribution in [0.3, 0.4) is 0 Å². The van der Waals surface area contributed by atoms with Gasteiger partial charge < -0.3 is 31.0 Å². The number of amides is 1. The highest BCUT2D eigenvalue weighted by atomic mass is 16.5. The van der Waals surface area contributed by atoms with Gasteiger partial charge in [0.25, 0.3) is 5.91 Å². The molecule has 0 bridgehead atoms. The number of fused-ring (bicyclic) bond motifs is 1. The first kappa shape index (κ1) is 21.7. The molecule has 2 atom stereocenters. The van der Waals surface area contributed by atoms with Crippen LogP contribution in [0.2, 0.25) is 0 Å². The lowest BCUT2D eigenvalue weighted by Crippen LogP contribution is -2.46. The van der Waals surface area contributed by atoms with Gasteiger partial charge in [-0.15, -0.1) is 0 Å². The van der Waals surface area contributed by atoms with Crippen LogP contribution in [0.1, 0.15) is 25.3 Å². The number of aryl methyl sites for hydroxylation is 1. The van der Waals surface area contributed by atoms with Crippen LogP contribution in [0.15, 0.2) is 38.5 Å². The summed E-state index contributed by atoms with van der Waals surface area (Å²) in [6.07, 6.45) is -0.429. The van der Waals surface area contributed by atoms with E-state index >= 15 is 0 Å². The molecular formula is C19H24N4O6. The number of hydrogen-bond donors (Lipinski definition) is 4. The van der Waals surface area contributed by atoms with Crippen molar-refractivity contribution in [3.8, 4) is 5.75 Å². The second-order valence-electron chi connectivity index (χ2n) is 6.51. The highest BCUT2D eigenvalue weighted by Crippen LogP contribution is 2.23. The third-order valence-corrected chi connectivity index (χ3v) is 4.16. The van der Waals surface area contributed by atoms with Crippen LogP contribution in [0.4, 0.5) is 0 Å². The normalized spacial score (nSPS) is 12.8. The van der Waals surface area contributed by atoms with E-state index in [1.54, 1.807) is 19.1 Å². The van der Waals surface area contributed by atoms with E-state index in [1.165, 1.54) is 19.1 Å². The fourth-order valence-electron chi connectivity index (χ4n) is 2.69. The lowest BCUT2D eigenvalue weighted by molar-refractivity contribution is -0.143. The van der Waals surface area contributed by atoms with Crippen LogP contribution in [0.25, 0.3) is 11.0 Å². The number of carboxylic acid groups (broad SMARTS) is 1. The minimum absolute atomic E-state index is 0.0793. The molecule has 0 saturated carbocycles. The van der Waals surface area contributed by atoms with E-state index in [2.05, 4.69) is 10.3 Å². The van der Waals surface area contributed by atoms with Crippen LogP contribution in [0.5, 0.6) is 5.75 Å². The lowest BCUT2D eigenvalue weighted by atomic mass is 10.1. The van der Waals surface area contributed by atoms with Crippen molar-refractivity contribution in [2.45, 2.75) is 38.8 Å². The van der Waals surface area contributed by atoms with E-state index in [0.29, 0.717) is 17.8 Å². The largest absolute Gasteiger partial charge is 0.481 e. The molecule has 1 aromatic carbocycles. The van der Waals surface area contributed by atoms with Crippen molar-refractivity contribution in [3.63, 3.8) is 0 Å². The Balaban J connectivity index is 2.01. The minimum atomic E-state index is -1.17. The Kier molecular flexibility index (Phi) is 7.18. The van der Waals surface area contributed by atoms with E-state index in [1.807, 2.05) is 0 Å². The predicted octanol–water partition coefficient (Wildman–Crippen LogP) is 0.492. The topological polar surface area (TPSA) is 170 Å². The van der Waals surface area contributed by atoms with E-state index in [0.717, 1.165) is 10.9 Å². The number of carboxylic acids is 1. The van der Waals surface area contributed by atoms with Gasteiger partial charge in [-0.1, -0.05) is 0 Å². The number of carbonyl (C=O) groups is 2. The standard InChI is InChI=1S/C19H24N4O6/c1-10-8-16(24)29-15-9-12(5-6-13(10)15)28-11(2)17(25)23-14(18(26)27)4-3-7-22-19(20)21/h5-6,8-9,11,14H,3-4,7H2,1-2H3,(H,23,25)(H,26,27)(H4,20,21,22)/t11?,14-/m0/s1. The molecule has 0 aliphatic heterocycles. The van der Waals surface area contributed by atoms with E-state index < -0.39 is 29.6 Å². The average molecular weight is 404 g/mol. The first-order chi connectivity index (χ1) is 13.7. The second kappa shape index (κ2) is 9.58. The number of guanidine groups is 1. The summed E-state index contributed by atoms with van der Waals surface area (Å²) in [6.45, 7) is 3.54. The Hall–Kier alpha value is -3.56. The monoisotopic (exact) mass is 404 g/mol. The SMILES string of the molecule is Cc1cc(=O)oc2cc(OC(C)C(=O)N[C@@H](CCCN=C(N)N)C(=O)O)ccc12. The molecule has 1 amide bonds. The summed E-state index contributed by atoms with van der Waals surface area (Å²) in [5, 5.41) is 12.5. The van der Waals surface area contributed by atoms with Crippen LogP contribution < -0.4 is 27.1 Å². The molecule has 0 fully saturated rings. The number of carbonyl (C=O) groups excluding carboxylic acids is 1. The number of hydrogen-bond acceptors (Lipinski definition) is 6. The Morgan fingerprint density at radius 3 is 2.69 bits per heavy atom. The Morgan fingerprint density at radius 1 is 1.31 bits per heavy atom. The van der Waals surface area contributed by atoms with Crippen molar-refractivity contribution in [2.75, 3.05) is 6.54 Å². The lowest BCUT2D eigenvalue weighted by Gasteiger charge is -2.19. The molecule has 156 valence electrons. The molecule has 0 spiro atoms. The van der Waals surface area contributed by atoms with Crippen molar-refractivity contribution < 1.29 is 23.8 Å². The van der Waals surface area contributed by atoms with Crippen molar-refractivity contribution in [2.24, 2.45) is 16.5 Å². The van der Waals surface area contributed by atoms with Crippen molar-refractivity contribution >= 4 is 28.8 Å². The van der Waals surface area contributed by atoms with Crippen molar-refractivity contribution in [3.05, 3.63) is 40.2 Å². The maximum Gasteiger partial charge on any atom is 0.336 e. The summed E-state index contributed by atoms with van der Waals surface area (Å²) in [4.78, 5) is 39.0. The zero-order valence-corrected chi connectivity index (χ0v) is 16.2. The number of ether oxygens (including phenoxy) is 1. The van der Waals surface area contributed by atoms with Crippen molar-refractivity contribution in [1.82, 2.24) is 5.32 Å². The molecule has 10 nitrogen and oxygen atoms in total. The number of benzene rings is 1. The Labute approximate surface area is 166 Å². The van der Waals surface area contributed by atoms with E-state index in [4.69, 9.17) is 20.6 Å². The van der Waals surface area contributed by atoms with Crippen LogP contribution >= 0.6 is 0 Å². The molecule has 6 N–H and O–H groups in total. The Morgan fingerprint density at radius 2 is 2.03 bits per heavy atom. The third kappa shape index (κ3) is 6.23. The van der Waals surface area contributed by atoms with Crippen LogP contribution in [-0.2, 0) is 9.59 Å². The van der Waals surface area contributed by atoms with Gasteiger partial charge in [0.1, 0.15) is 17.4 Å². The van der Waals surface area contributed by atoms with Gasteiger partial charge in [0.05, 0.1) is 0 Å². The Bertz CT molecular complexity index is 980. The molecule has 10 heteroatoms. The van der Waals surface area contributed by atoms with Gasteiger partial charge >= 0.3 is 11.6 Å². The molecule has 1 unspecified atom stereocenters. The molecule has 0 saturated heterocycles. The summed E-state index contributed by atoms with van der Waals surface area (Å²) in [5.74, 6) is -1.53. The summed E-state index contributed by atoms with van der Waals surface area (Å²) in [6, 6.07) is 5.16. The second-order valence-corrected chi connectivity index (χ2v) is 6.51. The number of nitrogens with zero attached hydrogens (tertiary/aromatic N) is 1. The summed E-state index contributed by atoms with van der Waals surface area (Å²) in [5.41, 5.74) is 11.0. The van der Waals surface area contributed by atoms with Crippen LogP contribution in [-0.4, -0.2) is 41.6 Å². The molecule has 1 heterocycles. The molecule has 29 heavy (non-hydrogen) atoms. The first-order valence-electron chi connectivity index (χ1n) is 8.97. The molecular weight excluding hydrogens is 380 g/mol. The number of rotatable bonds is 9. The van der Waals surface area contributed by atoms with Gasteiger partial charge in [0.2, 0.25) is 0 Å². The van der Waals surface area contributed by atoms with Gasteiger partial charge in [0, 0.05) is 24.1 Å². The average Bonchev–Trinajstić information content (AvgIpc) is 2.63. The minimum Gasteiger partial charge on any atom is -0.481 e. The quantitative estimate of drug-likeness (QED) is 0.202. The zero-order valence-electron chi connectivity index (χ0n) is 16.2. The number of aliphatic carboxylic acids is 1. The highest BCUT2D eigenvalue weighted by Gasteiger charge is 2.23. The number of nitrogens with one attached hydrogen (secondary N) is 1. The van der Waals surface area contributed by atoms with Gasteiger partial charge in [-0.2, -0.15) is 0 Å². The third-order valence-electron chi connectivity index (χ3n) is 4.16. The van der Waals surface area contributed by atoms with E-state index in [-0.39, 0.29) is 18.9 Å². The summed E-state index contributed by atoms with van der Waals surface area (Å²) in [7, 11) is 0. The summed E-state index contributed by atoms with van der Waals surface area (Å²) < 4.78 is 10.7. The maximum absolute atomic E-state index is 12.3. The molecule has 0 aliphatic rings. The smallest absolute Gasteiger partial charge is 0.336 e. The molecule has 2 aromatic rings. The van der Waals surface area contributed by atoms with E-state index in [9.17, 15) is 19.5 Å².